The molecule has 7 heteroatoms. The molecule has 0 saturated heterocycles. The number of carbonyl (C=O) groups is 1. The van der Waals surface area contributed by atoms with E-state index in [2.05, 4.69) is 20.5 Å². The van der Waals surface area contributed by atoms with Gasteiger partial charge >= 0.3 is 0 Å². The van der Waals surface area contributed by atoms with E-state index >= 15 is 0 Å². The maximum atomic E-state index is 13.6. The van der Waals surface area contributed by atoms with Crippen LogP contribution in [0.15, 0.2) is 18.2 Å². The monoisotopic (exact) mass is 334 g/mol. The fraction of sp³-hybridized carbons (Fsp3) is 0.471. The summed E-state index contributed by atoms with van der Waals surface area (Å²) in [6, 6.07) is 3.35. The van der Waals surface area contributed by atoms with Gasteiger partial charge in [-0.25, -0.2) is 13.8 Å². The fourth-order valence-corrected chi connectivity index (χ4v) is 3.36. The zero-order valence-electron chi connectivity index (χ0n) is 13.5. The minimum atomic E-state index is -0.878. The molecule has 0 spiro atoms. The summed E-state index contributed by atoms with van der Waals surface area (Å²) in [6.07, 6.45) is 3.58. The number of benzene rings is 1. The highest BCUT2D eigenvalue weighted by molar-refractivity contribution is 5.88. The van der Waals surface area contributed by atoms with Gasteiger partial charge in [0.2, 0.25) is 5.91 Å². The van der Waals surface area contributed by atoms with E-state index in [1.54, 1.807) is 0 Å². The number of aryl methyl sites for hydroxylation is 1. The van der Waals surface area contributed by atoms with Crippen LogP contribution in [0.4, 0.5) is 8.78 Å². The molecule has 0 unspecified atom stereocenters. The summed E-state index contributed by atoms with van der Waals surface area (Å²) in [5, 5.41) is 9.64. The third kappa shape index (κ3) is 3.16. The maximum Gasteiger partial charge on any atom is 0.231 e. The first kappa shape index (κ1) is 16.5. The third-order valence-electron chi connectivity index (χ3n) is 4.62. The van der Waals surface area contributed by atoms with Crippen LogP contribution < -0.4 is 5.32 Å². The molecule has 0 radical (unpaired) electrons. The van der Waals surface area contributed by atoms with Crippen molar-refractivity contribution in [1.29, 1.82) is 0 Å². The summed E-state index contributed by atoms with van der Waals surface area (Å²) in [5.41, 5.74) is -0.474. The molecule has 1 heterocycles. The van der Waals surface area contributed by atoms with Gasteiger partial charge in [-0.05, 0) is 30.5 Å². The molecule has 1 aliphatic rings. The van der Waals surface area contributed by atoms with Crippen LogP contribution in [0.1, 0.15) is 49.8 Å². The minimum Gasteiger partial charge on any atom is -0.348 e. The molecule has 3 rings (SSSR count). The van der Waals surface area contributed by atoms with Gasteiger partial charge in [0.25, 0.3) is 0 Å². The van der Waals surface area contributed by atoms with Crippen LogP contribution in [0.5, 0.6) is 0 Å². The summed E-state index contributed by atoms with van der Waals surface area (Å²) < 4.78 is 27.2. The van der Waals surface area contributed by atoms with Crippen molar-refractivity contribution in [2.24, 2.45) is 0 Å². The summed E-state index contributed by atoms with van der Waals surface area (Å²) in [5.74, 6) is -0.293. The topological polar surface area (TPSA) is 70.7 Å². The van der Waals surface area contributed by atoms with Gasteiger partial charge in [0, 0.05) is 12.5 Å². The van der Waals surface area contributed by atoms with E-state index in [0.717, 1.165) is 18.9 Å². The predicted molar refractivity (Wildman–Crippen MR) is 84.1 cm³/mol. The van der Waals surface area contributed by atoms with Gasteiger partial charge < -0.3 is 5.32 Å². The predicted octanol–water partition coefficient (Wildman–Crippen LogP) is 2.77. The molecule has 1 fully saturated rings. The van der Waals surface area contributed by atoms with Gasteiger partial charge in [-0.2, -0.15) is 5.10 Å². The van der Waals surface area contributed by atoms with E-state index in [1.165, 1.54) is 12.1 Å². The van der Waals surface area contributed by atoms with Crippen LogP contribution in [-0.2, 0) is 23.2 Å². The highest BCUT2D eigenvalue weighted by atomic mass is 19.1. The van der Waals surface area contributed by atoms with Crippen LogP contribution >= 0.6 is 0 Å². The molecule has 1 aliphatic carbocycles. The Balaban J connectivity index is 1.80. The lowest BCUT2D eigenvalue weighted by atomic mass is 9.78. The van der Waals surface area contributed by atoms with Gasteiger partial charge in [0.05, 0.1) is 12.0 Å². The summed E-state index contributed by atoms with van der Waals surface area (Å²) in [4.78, 5) is 17.1. The van der Waals surface area contributed by atoms with Gasteiger partial charge in [0.15, 0.2) is 5.82 Å². The van der Waals surface area contributed by atoms with Crippen LogP contribution in [0.25, 0.3) is 0 Å². The maximum absolute atomic E-state index is 13.6. The molecule has 128 valence electrons. The quantitative estimate of drug-likeness (QED) is 0.883. The molecule has 1 aromatic carbocycles. The first-order valence-electron chi connectivity index (χ1n) is 8.18. The van der Waals surface area contributed by atoms with Gasteiger partial charge in [-0.15, -0.1) is 0 Å². The number of nitrogens with one attached hydrogen (secondary N) is 2. The van der Waals surface area contributed by atoms with Crippen LogP contribution in [0.3, 0.4) is 0 Å². The number of aromatic amines is 1. The number of aromatic nitrogens is 3. The normalized spacial score (nSPS) is 16.3. The number of hydrogen-bond donors (Lipinski definition) is 2. The Labute approximate surface area is 138 Å². The van der Waals surface area contributed by atoms with Gasteiger partial charge in [0.1, 0.15) is 17.5 Å². The molecular formula is C17H20F2N4O. The first-order valence-corrected chi connectivity index (χ1v) is 8.18. The van der Waals surface area contributed by atoms with Crippen molar-refractivity contribution in [3.8, 4) is 0 Å². The number of rotatable bonds is 5. The van der Waals surface area contributed by atoms with E-state index in [4.69, 9.17) is 0 Å². The molecule has 2 N–H and O–H groups in total. The molecule has 5 nitrogen and oxygen atoms in total. The van der Waals surface area contributed by atoms with Crippen molar-refractivity contribution in [2.45, 2.75) is 51.0 Å². The van der Waals surface area contributed by atoms with Gasteiger partial charge in [-0.3, -0.25) is 9.89 Å². The Morgan fingerprint density at radius 2 is 1.92 bits per heavy atom. The van der Waals surface area contributed by atoms with Crippen LogP contribution in [0, 0.1) is 11.6 Å². The Morgan fingerprint density at radius 3 is 2.50 bits per heavy atom. The summed E-state index contributed by atoms with van der Waals surface area (Å²) >= 11 is 0. The first-order chi connectivity index (χ1) is 11.5. The lowest BCUT2D eigenvalue weighted by Crippen LogP contribution is -2.42. The number of hydrogen-bond acceptors (Lipinski definition) is 3. The second-order valence-electron chi connectivity index (χ2n) is 6.18. The van der Waals surface area contributed by atoms with E-state index in [9.17, 15) is 13.6 Å². The molecule has 1 aromatic heterocycles. The number of H-pyrrole nitrogens is 1. The summed E-state index contributed by atoms with van der Waals surface area (Å²) in [7, 11) is 0. The smallest absolute Gasteiger partial charge is 0.231 e. The van der Waals surface area contributed by atoms with Crippen molar-refractivity contribution < 1.29 is 13.6 Å². The number of nitrogens with zero attached hydrogens (tertiary/aromatic N) is 2. The SMILES string of the molecule is CCc1n[nH]c(CNC(=O)C2(c3cc(F)cc(F)c3)CCCC2)n1. The van der Waals surface area contributed by atoms with Crippen molar-refractivity contribution >= 4 is 5.91 Å². The lowest BCUT2D eigenvalue weighted by molar-refractivity contribution is -0.126. The Bertz CT molecular complexity index is 718. The van der Waals surface area contributed by atoms with E-state index < -0.39 is 17.0 Å². The second kappa shape index (κ2) is 6.67. The average molecular weight is 334 g/mol. The lowest BCUT2D eigenvalue weighted by Gasteiger charge is -2.28. The highest BCUT2D eigenvalue weighted by Gasteiger charge is 2.43. The highest BCUT2D eigenvalue weighted by Crippen LogP contribution is 2.41. The van der Waals surface area contributed by atoms with Crippen molar-refractivity contribution in [3.63, 3.8) is 0 Å². The van der Waals surface area contributed by atoms with Gasteiger partial charge in [-0.1, -0.05) is 19.8 Å². The molecule has 1 saturated carbocycles. The van der Waals surface area contributed by atoms with Crippen LogP contribution in [-0.4, -0.2) is 21.1 Å². The molecule has 1 amide bonds. The zero-order valence-corrected chi connectivity index (χ0v) is 13.5. The van der Waals surface area contributed by atoms with Crippen LogP contribution in [0.2, 0.25) is 0 Å². The van der Waals surface area contributed by atoms with E-state index in [0.29, 0.717) is 36.5 Å². The Hall–Kier alpha value is -2.31. The molecule has 24 heavy (non-hydrogen) atoms. The van der Waals surface area contributed by atoms with Crippen molar-refractivity contribution in [1.82, 2.24) is 20.5 Å². The molecule has 0 atom stereocenters. The standard InChI is InChI=1S/C17H20F2N4O/c1-2-14-21-15(23-22-14)10-20-16(24)17(5-3-4-6-17)11-7-12(18)9-13(19)8-11/h7-9H,2-6,10H2,1H3,(H,20,24)(H,21,22,23). The number of carbonyl (C=O) groups excluding carboxylic acids is 1. The van der Waals surface area contributed by atoms with E-state index in [-0.39, 0.29) is 12.5 Å². The third-order valence-corrected chi connectivity index (χ3v) is 4.62. The minimum absolute atomic E-state index is 0.214. The molecule has 0 bridgehead atoms. The zero-order chi connectivity index (χ0) is 17.2. The number of halogens is 2. The average Bonchev–Trinajstić information content (AvgIpc) is 3.21. The molecule has 0 aliphatic heterocycles. The second-order valence-corrected chi connectivity index (χ2v) is 6.18. The molecular weight excluding hydrogens is 314 g/mol. The van der Waals surface area contributed by atoms with Crippen molar-refractivity contribution in [3.05, 3.63) is 47.0 Å². The van der Waals surface area contributed by atoms with Crippen molar-refractivity contribution in [2.75, 3.05) is 0 Å². The largest absolute Gasteiger partial charge is 0.348 e. The fourth-order valence-electron chi connectivity index (χ4n) is 3.36. The summed E-state index contributed by atoms with van der Waals surface area (Å²) in [6.45, 7) is 2.16. The van der Waals surface area contributed by atoms with E-state index in [1.807, 2.05) is 6.92 Å². The Kier molecular flexibility index (Phi) is 4.59. The Morgan fingerprint density at radius 1 is 1.25 bits per heavy atom. The molecule has 2 aromatic rings. The number of amides is 1.